The third-order valence-electron chi connectivity index (χ3n) is 7.25. The van der Waals surface area contributed by atoms with Crippen LogP contribution in [0.15, 0.2) is 66.7 Å². The van der Waals surface area contributed by atoms with Gasteiger partial charge >= 0.3 is 0 Å². The van der Waals surface area contributed by atoms with Gasteiger partial charge in [0.25, 0.3) is 17.7 Å². The zero-order valence-electron chi connectivity index (χ0n) is 21.5. The number of carbonyl (C=O) groups is 3. The molecule has 0 radical (unpaired) electrons. The predicted octanol–water partition coefficient (Wildman–Crippen LogP) is 5.32. The molecular weight excluding hydrogens is 519 g/mol. The molecule has 3 aromatic carbocycles. The second kappa shape index (κ2) is 11.9. The summed E-state index contributed by atoms with van der Waals surface area (Å²) in [5, 5.41) is 3.43. The molecule has 5 rings (SSSR count). The van der Waals surface area contributed by atoms with Gasteiger partial charge in [-0.3, -0.25) is 14.4 Å². The van der Waals surface area contributed by atoms with Crippen molar-refractivity contribution in [3.63, 3.8) is 0 Å². The first-order valence-corrected chi connectivity index (χ1v) is 13.6. The molecule has 202 valence electrons. The molecule has 0 spiro atoms. The average Bonchev–Trinajstić information content (AvgIpc) is 2.97. The minimum Gasteiger partial charge on any atom is -0.367 e. The maximum atomic E-state index is 14.2. The summed E-state index contributed by atoms with van der Waals surface area (Å²) in [6.07, 6.45) is 3.03. The fourth-order valence-corrected chi connectivity index (χ4v) is 5.21. The van der Waals surface area contributed by atoms with Crippen LogP contribution in [0.2, 0.25) is 5.02 Å². The van der Waals surface area contributed by atoms with E-state index in [1.54, 1.807) is 53.4 Å². The zero-order valence-corrected chi connectivity index (χ0v) is 22.3. The third kappa shape index (κ3) is 6.06. The molecular formula is C30H30ClFN4O3. The first kappa shape index (κ1) is 26.7. The second-order valence-corrected chi connectivity index (χ2v) is 10.2. The van der Waals surface area contributed by atoms with Gasteiger partial charge in [0.05, 0.1) is 11.1 Å². The lowest BCUT2D eigenvalue weighted by Crippen LogP contribution is -2.49. The monoisotopic (exact) mass is 548 g/mol. The fourth-order valence-electron chi connectivity index (χ4n) is 5.09. The smallest absolute Gasteiger partial charge is 0.256 e. The van der Waals surface area contributed by atoms with Crippen molar-refractivity contribution in [1.29, 1.82) is 0 Å². The van der Waals surface area contributed by atoms with E-state index in [4.69, 9.17) is 11.6 Å². The Labute approximate surface area is 232 Å². The van der Waals surface area contributed by atoms with Crippen molar-refractivity contribution >= 4 is 40.7 Å². The quantitative estimate of drug-likeness (QED) is 0.468. The maximum Gasteiger partial charge on any atom is 0.256 e. The Kier molecular flexibility index (Phi) is 8.12. The van der Waals surface area contributed by atoms with Crippen LogP contribution in [0.25, 0.3) is 0 Å². The van der Waals surface area contributed by atoms with Gasteiger partial charge in [-0.05, 0) is 73.9 Å². The molecule has 0 bridgehead atoms. The van der Waals surface area contributed by atoms with E-state index >= 15 is 0 Å². The van der Waals surface area contributed by atoms with E-state index in [1.807, 2.05) is 11.0 Å². The number of hydrogen-bond acceptors (Lipinski definition) is 4. The topological polar surface area (TPSA) is 73.0 Å². The molecule has 0 saturated carbocycles. The minimum absolute atomic E-state index is 0.0627. The van der Waals surface area contributed by atoms with Crippen LogP contribution >= 0.6 is 11.6 Å². The molecule has 0 aliphatic carbocycles. The molecule has 0 aromatic heterocycles. The normalized spacial score (nSPS) is 15.7. The van der Waals surface area contributed by atoms with Crippen molar-refractivity contribution in [2.24, 2.45) is 0 Å². The summed E-state index contributed by atoms with van der Waals surface area (Å²) in [6.45, 7) is 3.20. The number of hydrogen-bond donors (Lipinski definition) is 1. The van der Waals surface area contributed by atoms with E-state index in [0.29, 0.717) is 61.1 Å². The number of piperazine rings is 1. The number of piperidine rings is 1. The average molecular weight is 549 g/mol. The van der Waals surface area contributed by atoms with Crippen molar-refractivity contribution in [3.8, 4) is 0 Å². The lowest BCUT2D eigenvalue weighted by atomic mass is 10.0. The van der Waals surface area contributed by atoms with Crippen LogP contribution in [-0.4, -0.2) is 66.8 Å². The van der Waals surface area contributed by atoms with Crippen molar-refractivity contribution in [2.75, 3.05) is 49.5 Å². The minimum atomic E-state index is -0.532. The van der Waals surface area contributed by atoms with Crippen LogP contribution in [0.1, 0.15) is 50.3 Å². The molecule has 2 fully saturated rings. The summed E-state index contributed by atoms with van der Waals surface area (Å²) in [6, 6.07) is 18.0. The molecule has 2 aliphatic heterocycles. The van der Waals surface area contributed by atoms with Crippen molar-refractivity contribution < 1.29 is 18.8 Å². The van der Waals surface area contributed by atoms with Gasteiger partial charge in [-0.1, -0.05) is 23.7 Å². The molecule has 2 saturated heterocycles. The predicted molar refractivity (Wildman–Crippen MR) is 150 cm³/mol. The van der Waals surface area contributed by atoms with Gasteiger partial charge in [0, 0.05) is 61.2 Å². The number of halogens is 2. The van der Waals surface area contributed by atoms with Crippen LogP contribution in [0.3, 0.4) is 0 Å². The van der Waals surface area contributed by atoms with Gasteiger partial charge in [0.2, 0.25) is 0 Å². The van der Waals surface area contributed by atoms with Crippen molar-refractivity contribution in [1.82, 2.24) is 9.80 Å². The molecule has 0 atom stereocenters. The SMILES string of the molecule is O=C(Nc1ccc(N2CCN(C(=O)c3ccccc3F)CC2)c(C(=O)N2CCCCC2)c1)c1ccc(Cl)cc1. The van der Waals surface area contributed by atoms with E-state index < -0.39 is 5.82 Å². The van der Waals surface area contributed by atoms with E-state index in [9.17, 15) is 18.8 Å². The molecule has 0 unspecified atom stereocenters. The largest absolute Gasteiger partial charge is 0.367 e. The molecule has 2 heterocycles. The number of likely N-dealkylation sites (tertiary alicyclic amines) is 1. The summed E-state index contributed by atoms with van der Waals surface area (Å²) in [7, 11) is 0. The fraction of sp³-hybridized carbons (Fsp3) is 0.300. The lowest BCUT2D eigenvalue weighted by Gasteiger charge is -2.37. The molecule has 7 nitrogen and oxygen atoms in total. The van der Waals surface area contributed by atoms with Gasteiger partial charge in [0.1, 0.15) is 5.82 Å². The highest BCUT2D eigenvalue weighted by Crippen LogP contribution is 2.29. The molecule has 1 N–H and O–H groups in total. The van der Waals surface area contributed by atoms with Gasteiger partial charge in [-0.15, -0.1) is 0 Å². The number of nitrogens with one attached hydrogen (secondary N) is 1. The van der Waals surface area contributed by atoms with Crippen LogP contribution < -0.4 is 10.2 Å². The van der Waals surface area contributed by atoms with Crippen LogP contribution in [0, 0.1) is 5.82 Å². The number of amides is 3. The summed E-state index contributed by atoms with van der Waals surface area (Å²) in [5.41, 5.74) is 2.32. The van der Waals surface area contributed by atoms with Crippen LogP contribution in [-0.2, 0) is 0 Å². The summed E-state index contributed by atoms with van der Waals surface area (Å²) in [4.78, 5) is 45.0. The van der Waals surface area contributed by atoms with Gasteiger partial charge in [-0.25, -0.2) is 4.39 Å². The van der Waals surface area contributed by atoms with Crippen LogP contribution in [0.4, 0.5) is 15.8 Å². The second-order valence-electron chi connectivity index (χ2n) is 9.80. The molecule has 2 aliphatic rings. The van der Waals surface area contributed by atoms with E-state index in [2.05, 4.69) is 10.2 Å². The Morgan fingerprint density at radius 2 is 1.36 bits per heavy atom. The summed E-state index contributed by atoms with van der Waals surface area (Å²) < 4.78 is 14.2. The number of benzene rings is 3. The lowest BCUT2D eigenvalue weighted by molar-refractivity contribution is 0.0717. The van der Waals surface area contributed by atoms with Crippen molar-refractivity contribution in [2.45, 2.75) is 19.3 Å². The Bertz CT molecular complexity index is 1370. The highest BCUT2D eigenvalue weighted by molar-refractivity contribution is 6.30. The standard InChI is InChI=1S/C30H30ClFN4O3/c31-22-10-8-21(9-11-22)28(37)33-23-12-13-27(25(20-23)30(39)35-14-4-1-5-15-35)34-16-18-36(19-17-34)29(38)24-6-2-3-7-26(24)32/h2-3,6-13,20H,1,4-5,14-19H2,(H,33,37). The van der Waals surface area contributed by atoms with Gasteiger partial charge in [0.15, 0.2) is 0 Å². The number of rotatable bonds is 5. The first-order chi connectivity index (χ1) is 18.9. The third-order valence-corrected chi connectivity index (χ3v) is 7.50. The van der Waals surface area contributed by atoms with E-state index in [-0.39, 0.29) is 23.3 Å². The number of carbonyl (C=O) groups excluding carboxylic acids is 3. The molecule has 9 heteroatoms. The Morgan fingerprint density at radius 3 is 2.05 bits per heavy atom. The van der Waals surface area contributed by atoms with Crippen molar-refractivity contribution in [3.05, 3.63) is 94.3 Å². The van der Waals surface area contributed by atoms with E-state index in [1.165, 1.54) is 12.1 Å². The maximum absolute atomic E-state index is 14.2. The molecule has 3 amide bonds. The van der Waals surface area contributed by atoms with Gasteiger partial charge in [-0.2, -0.15) is 0 Å². The Hall–Kier alpha value is -3.91. The number of nitrogens with zero attached hydrogens (tertiary/aromatic N) is 3. The zero-order chi connectivity index (χ0) is 27.4. The number of anilines is 2. The van der Waals surface area contributed by atoms with E-state index in [0.717, 1.165) is 24.9 Å². The summed E-state index contributed by atoms with van der Waals surface area (Å²) in [5.74, 6) is -1.23. The van der Waals surface area contributed by atoms with Gasteiger partial charge < -0.3 is 20.0 Å². The first-order valence-electron chi connectivity index (χ1n) is 13.2. The Morgan fingerprint density at radius 1 is 0.718 bits per heavy atom. The highest BCUT2D eigenvalue weighted by atomic mass is 35.5. The summed E-state index contributed by atoms with van der Waals surface area (Å²) >= 11 is 5.94. The Balaban J connectivity index is 1.36. The van der Waals surface area contributed by atoms with Crippen LogP contribution in [0.5, 0.6) is 0 Å². The highest BCUT2D eigenvalue weighted by Gasteiger charge is 2.28. The molecule has 39 heavy (non-hydrogen) atoms. The molecule has 3 aromatic rings.